The van der Waals surface area contributed by atoms with E-state index < -0.39 is 34.7 Å². The first-order chi connectivity index (χ1) is 7.11. The molecule has 0 saturated heterocycles. The molecule has 78 valence electrons. The van der Waals surface area contributed by atoms with Crippen LogP contribution >= 0.6 is 0 Å². The zero-order valence-corrected chi connectivity index (χ0v) is 6.97. The summed E-state index contributed by atoms with van der Waals surface area (Å²) in [6, 6.07) is 0.446. The molecule has 0 saturated carbocycles. The topological polar surface area (TPSA) is 38.9 Å². The van der Waals surface area contributed by atoms with Crippen molar-refractivity contribution in [1.82, 2.24) is 10.2 Å². The van der Waals surface area contributed by atoms with E-state index >= 15 is 0 Å². The molecule has 2 rings (SSSR count). The lowest BCUT2D eigenvalue weighted by Crippen LogP contribution is -1.98. The van der Waals surface area contributed by atoms with Crippen molar-refractivity contribution < 1.29 is 22.0 Å². The minimum atomic E-state index is -1.91. The second-order valence-corrected chi connectivity index (χ2v) is 2.59. The first kappa shape index (κ1) is 9.63. The quantitative estimate of drug-likeness (QED) is 0.418. The van der Waals surface area contributed by atoms with Crippen molar-refractivity contribution >= 4 is 0 Å². The van der Waals surface area contributed by atoms with Gasteiger partial charge in [-0.2, -0.15) is 0 Å². The highest BCUT2D eigenvalue weighted by atomic mass is 19.2. The third-order valence-electron chi connectivity index (χ3n) is 1.69. The van der Waals surface area contributed by atoms with Gasteiger partial charge in [0.1, 0.15) is 0 Å². The average Bonchev–Trinajstić information content (AvgIpc) is 2.73. The normalized spacial score (nSPS) is 10.7. The van der Waals surface area contributed by atoms with E-state index in [1.807, 2.05) is 0 Å². The van der Waals surface area contributed by atoms with E-state index in [0.29, 0.717) is 6.07 Å². The molecular formula is C8H2F4N2O. The zero-order valence-electron chi connectivity index (χ0n) is 6.97. The molecule has 0 fully saturated rings. The highest BCUT2D eigenvalue weighted by molar-refractivity contribution is 5.53. The Kier molecular flexibility index (Phi) is 2.14. The van der Waals surface area contributed by atoms with Crippen LogP contribution < -0.4 is 0 Å². The van der Waals surface area contributed by atoms with Crippen LogP contribution in [-0.2, 0) is 0 Å². The maximum Gasteiger partial charge on any atom is 0.250 e. The molecule has 0 atom stereocenters. The van der Waals surface area contributed by atoms with Gasteiger partial charge in [-0.1, -0.05) is 0 Å². The zero-order chi connectivity index (χ0) is 11.0. The van der Waals surface area contributed by atoms with Gasteiger partial charge in [0.25, 0.3) is 5.89 Å². The number of hydrogen-bond donors (Lipinski definition) is 0. The third kappa shape index (κ3) is 1.45. The minimum Gasteiger partial charge on any atom is -0.423 e. The summed E-state index contributed by atoms with van der Waals surface area (Å²) in [5.74, 6) is -7.32. The van der Waals surface area contributed by atoms with E-state index in [4.69, 9.17) is 0 Å². The Morgan fingerprint density at radius 3 is 2.33 bits per heavy atom. The summed E-state index contributed by atoms with van der Waals surface area (Å²) in [5, 5.41) is 6.45. The summed E-state index contributed by atoms with van der Waals surface area (Å²) in [6.45, 7) is 0. The maximum atomic E-state index is 13.1. The third-order valence-corrected chi connectivity index (χ3v) is 1.69. The van der Waals surface area contributed by atoms with Crippen molar-refractivity contribution in [3.8, 4) is 11.5 Å². The molecule has 0 radical (unpaired) electrons. The van der Waals surface area contributed by atoms with Crippen LogP contribution in [0.5, 0.6) is 0 Å². The lowest BCUT2D eigenvalue weighted by Gasteiger charge is -2.01. The SMILES string of the molecule is Fc1cc(-c2nnco2)c(F)c(F)c1F. The molecule has 0 N–H and O–H groups in total. The van der Waals surface area contributed by atoms with Gasteiger partial charge in [0, 0.05) is 0 Å². The molecule has 15 heavy (non-hydrogen) atoms. The fourth-order valence-electron chi connectivity index (χ4n) is 1.02. The molecule has 0 unspecified atom stereocenters. The minimum absolute atomic E-state index is 0.426. The van der Waals surface area contributed by atoms with Crippen LogP contribution in [0.25, 0.3) is 11.5 Å². The molecule has 0 aliphatic heterocycles. The van der Waals surface area contributed by atoms with Crippen molar-refractivity contribution in [2.24, 2.45) is 0 Å². The Bertz CT molecular complexity index is 498. The van der Waals surface area contributed by atoms with Gasteiger partial charge < -0.3 is 4.42 Å². The van der Waals surface area contributed by atoms with Crippen LogP contribution in [0.15, 0.2) is 16.9 Å². The number of aromatic nitrogens is 2. The first-order valence-corrected chi connectivity index (χ1v) is 3.70. The maximum absolute atomic E-state index is 13.1. The van der Waals surface area contributed by atoms with Gasteiger partial charge in [0.2, 0.25) is 6.39 Å². The summed E-state index contributed by atoms with van der Waals surface area (Å²) in [5.41, 5.74) is -0.621. The molecule has 1 aromatic carbocycles. The highest BCUT2D eigenvalue weighted by Crippen LogP contribution is 2.25. The van der Waals surface area contributed by atoms with Gasteiger partial charge in [0.15, 0.2) is 23.3 Å². The number of hydrogen-bond acceptors (Lipinski definition) is 3. The molecule has 2 aromatic rings. The largest absolute Gasteiger partial charge is 0.423 e. The van der Waals surface area contributed by atoms with E-state index in [2.05, 4.69) is 14.6 Å². The van der Waals surface area contributed by atoms with E-state index in [0.717, 1.165) is 6.39 Å². The first-order valence-electron chi connectivity index (χ1n) is 3.70. The molecule has 0 aliphatic rings. The van der Waals surface area contributed by atoms with Crippen molar-refractivity contribution in [2.75, 3.05) is 0 Å². The van der Waals surface area contributed by atoms with Crippen molar-refractivity contribution in [3.05, 3.63) is 35.7 Å². The van der Waals surface area contributed by atoms with Crippen LogP contribution in [0.4, 0.5) is 17.6 Å². The number of nitrogens with zero attached hydrogens (tertiary/aromatic N) is 2. The summed E-state index contributed by atoms with van der Waals surface area (Å²) in [4.78, 5) is 0. The molecule has 0 aliphatic carbocycles. The van der Waals surface area contributed by atoms with E-state index in [9.17, 15) is 17.6 Å². The van der Waals surface area contributed by atoms with Gasteiger partial charge >= 0.3 is 0 Å². The molecule has 1 heterocycles. The Balaban J connectivity index is 2.69. The Labute approximate surface area is 80.4 Å². The van der Waals surface area contributed by atoms with Gasteiger partial charge in [-0.25, -0.2) is 17.6 Å². The van der Waals surface area contributed by atoms with Crippen LogP contribution in [0.1, 0.15) is 0 Å². The molecule has 0 bridgehead atoms. The van der Waals surface area contributed by atoms with Gasteiger partial charge in [-0.3, -0.25) is 0 Å². The van der Waals surface area contributed by atoms with E-state index in [1.165, 1.54) is 0 Å². The molecular weight excluding hydrogens is 216 g/mol. The standard InChI is InChI=1S/C8H2F4N2O/c9-4-1-3(8-14-13-2-15-8)5(10)7(12)6(4)11/h1-2H. The molecule has 0 spiro atoms. The monoisotopic (exact) mass is 218 g/mol. The Morgan fingerprint density at radius 1 is 1.00 bits per heavy atom. The second-order valence-electron chi connectivity index (χ2n) is 2.59. The summed E-state index contributed by atoms with van der Waals surface area (Å²) in [7, 11) is 0. The summed E-state index contributed by atoms with van der Waals surface area (Å²) < 4.78 is 55.7. The van der Waals surface area contributed by atoms with Gasteiger partial charge in [0.05, 0.1) is 5.56 Å². The molecule has 7 heteroatoms. The predicted molar refractivity (Wildman–Crippen MR) is 39.6 cm³/mol. The van der Waals surface area contributed by atoms with Crippen molar-refractivity contribution in [3.63, 3.8) is 0 Å². The fourth-order valence-corrected chi connectivity index (χ4v) is 1.02. The number of halogens is 4. The van der Waals surface area contributed by atoms with Crippen LogP contribution in [-0.4, -0.2) is 10.2 Å². The summed E-state index contributed by atoms with van der Waals surface area (Å²) in [6.07, 6.45) is 0.855. The second kappa shape index (κ2) is 3.34. The van der Waals surface area contributed by atoms with Crippen molar-refractivity contribution in [2.45, 2.75) is 0 Å². The lowest BCUT2D eigenvalue weighted by atomic mass is 10.2. The average molecular weight is 218 g/mol. The predicted octanol–water partition coefficient (Wildman–Crippen LogP) is 2.29. The van der Waals surface area contributed by atoms with E-state index in [1.54, 1.807) is 0 Å². The summed E-state index contributed by atoms with van der Waals surface area (Å²) >= 11 is 0. The van der Waals surface area contributed by atoms with Gasteiger partial charge in [-0.05, 0) is 6.07 Å². The Hall–Kier alpha value is -1.92. The Morgan fingerprint density at radius 2 is 1.73 bits per heavy atom. The van der Waals surface area contributed by atoms with Crippen molar-refractivity contribution in [1.29, 1.82) is 0 Å². The van der Waals surface area contributed by atoms with Crippen LogP contribution in [0, 0.1) is 23.3 Å². The van der Waals surface area contributed by atoms with Crippen LogP contribution in [0.2, 0.25) is 0 Å². The lowest BCUT2D eigenvalue weighted by molar-refractivity contribution is 0.408. The number of benzene rings is 1. The van der Waals surface area contributed by atoms with Crippen LogP contribution in [0.3, 0.4) is 0 Å². The molecule has 3 nitrogen and oxygen atoms in total. The number of rotatable bonds is 1. The highest BCUT2D eigenvalue weighted by Gasteiger charge is 2.22. The smallest absolute Gasteiger partial charge is 0.250 e. The molecule has 1 aromatic heterocycles. The van der Waals surface area contributed by atoms with E-state index in [-0.39, 0.29) is 0 Å². The molecule has 0 amide bonds. The fraction of sp³-hybridized carbons (Fsp3) is 0. The van der Waals surface area contributed by atoms with Gasteiger partial charge in [-0.15, -0.1) is 10.2 Å².